The fourth-order valence-corrected chi connectivity index (χ4v) is 5.89. The second-order valence-corrected chi connectivity index (χ2v) is 11.9. The van der Waals surface area contributed by atoms with E-state index in [-0.39, 0.29) is 23.2 Å². The summed E-state index contributed by atoms with van der Waals surface area (Å²) < 4.78 is 2.00. The molecular weight excluding hydrogens is 636 g/mol. The summed E-state index contributed by atoms with van der Waals surface area (Å²) in [6, 6.07) is 32.1. The minimum Gasteiger partial charge on any atom is -0.478 e. The van der Waals surface area contributed by atoms with Crippen LogP contribution < -0.4 is 24.5 Å². The largest absolute Gasteiger partial charge is 0.478 e. The van der Waals surface area contributed by atoms with E-state index in [2.05, 4.69) is 0 Å². The molecule has 2 saturated heterocycles. The van der Waals surface area contributed by atoms with Crippen molar-refractivity contribution in [2.24, 2.45) is 0 Å². The molecule has 7 rings (SSSR count). The van der Waals surface area contributed by atoms with Gasteiger partial charge in [-0.05, 0) is 97.1 Å². The highest BCUT2D eigenvalue weighted by Gasteiger charge is 2.32. The number of benzene rings is 4. The Kier molecular flexibility index (Phi) is 9.52. The van der Waals surface area contributed by atoms with E-state index in [1.165, 1.54) is 24.3 Å². The molecule has 0 aliphatic carbocycles. The zero-order valence-electron chi connectivity index (χ0n) is 27.6. The summed E-state index contributed by atoms with van der Waals surface area (Å²) in [4.78, 5) is 56.4. The van der Waals surface area contributed by atoms with Crippen LogP contribution in [-0.2, 0) is 0 Å². The smallest absolute Gasteiger partial charge is 0.335 e. The first-order chi connectivity index (χ1) is 24.1. The van der Waals surface area contributed by atoms with Crippen molar-refractivity contribution < 1.29 is 29.4 Å². The zero-order chi connectivity index (χ0) is 35.4. The molecule has 0 atom stereocenters. The van der Waals surface area contributed by atoms with Crippen LogP contribution in [-0.4, -0.2) is 79.1 Å². The highest BCUT2D eigenvalue weighted by molar-refractivity contribution is 6.07. The first kappa shape index (κ1) is 33.3. The number of amides is 4. The minimum absolute atomic E-state index is 0.143. The maximum atomic E-state index is 12.8. The molecule has 254 valence electrons. The average molecular weight is 673 g/mol. The molecule has 12 heteroatoms. The van der Waals surface area contributed by atoms with Crippen molar-refractivity contribution in [1.29, 1.82) is 0 Å². The molecule has 2 N–H and O–H groups in total. The van der Waals surface area contributed by atoms with Crippen molar-refractivity contribution in [2.45, 2.75) is 0 Å². The first-order valence-electron chi connectivity index (χ1n) is 16.0. The van der Waals surface area contributed by atoms with Crippen molar-refractivity contribution in [3.8, 4) is 5.69 Å². The number of carbonyl (C=O) groups excluding carboxylic acids is 2. The summed E-state index contributed by atoms with van der Waals surface area (Å²) in [5.41, 5.74) is 5.30. The van der Waals surface area contributed by atoms with Gasteiger partial charge >= 0.3 is 24.0 Å². The van der Waals surface area contributed by atoms with E-state index in [9.17, 15) is 19.2 Å². The Bertz CT molecular complexity index is 2010. The second kappa shape index (κ2) is 14.3. The Labute approximate surface area is 289 Å². The van der Waals surface area contributed by atoms with Gasteiger partial charge in [-0.2, -0.15) is 0 Å². The summed E-state index contributed by atoms with van der Waals surface area (Å²) in [5, 5.41) is 18.2. The maximum absolute atomic E-state index is 12.8. The van der Waals surface area contributed by atoms with Gasteiger partial charge in [0.2, 0.25) is 0 Å². The number of nitrogens with zero attached hydrogens (tertiary/aromatic N) is 6. The average Bonchev–Trinajstić information content (AvgIpc) is 3.89. The molecule has 1 aromatic heterocycles. The Morgan fingerprint density at radius 2 is 0.900 bits per heavy atom. The van der Waals surface area contributed by atoms with Crippen molar-refractivity contribution >= 4 is 52.4 Å². The van der Waals surface area contributed by atoms with Gasteiger partial charge in [-0.15, -0.1) is 0 Å². The number of anilines is 5. The quantitative estimate of drug-likeness (QED) is 0.192. The van der Waals surface area contributed by atoms with E-state index in [4.69, 9.17) is 10.2 Å². The number of rotatable bonds is 8. The summed E-state index contributed by atoms with van der Waals surface area (Å²) in [5.74, 6) is -2.00. The number of hydrogen-bond donors (Lipinski definition) is 2. The van der Waals surface area contributed by atoms with E-state index in [1.54, 1.807) is 43.9 Å². The fourth-order valence-electron chi connectivity index (χ4n) is 5.89. The zero-order valence-corrected chi connectivity index (χ0v) is 27.6. The van der Waals surface area contributed by atoms with Crippen LogP contribution in [0.1, 0.15) is 20.7 Å². The molecule has 5 aromatic rings. The Morgan fingerprint density at radius 3 is 1.30 bits per heavy atom. The highest BCUT2D eigenvalue weighted by Crippen LogP contribution is 2.28. The Balaban J connectivity index is 0.000000174. The SMILES string of the molecule is CN(C)c1ccc(N2CCN(c3cccc(C(=O)O)c3)C2=O)cc1.O=C(O)c1cccc(N2CCN(c3ccc(-n4cccc4)cc3)C2=O)c1. The van der Waals surface area contributed by atoms with Crippen LogP contribution >= 0.6 is 0 Å². The minimum atomic E-state index is -1.00. The van der Waals surface area contributed by atoms with Crippen molar-refractivity contribution in [2.75, 3.05) is 64.8 Å². The standard InChI is InChI=1S/C20H17N3O3.C18H19N3O3/c24-19(25)15-4-3-5-18(14-15)23-13-12-22(20(23)26)17-8-6-16(7-9-17)21-10-1-2-11-21;1-19(2)14-6-8-15(9-7-14)20-10-11-21(18(20)24)16-5-3-4-13(12-16)17(22)23/h1-11,14H,12-13H2,(H,24,25);3-9,12H,10-11H2,1-2H3,(H,22,23). The van der Waals surface area contributed by atoms with Gasteiger partial charge in [0.1, 0.15) is 0 Å². The van der Waals surface area contributed by atoms with Crippen LogP contribution in [0.5, 0.6) is 0 Å². The number of aromatic carboxylic acids is 2. The maximum Gasteiger partial charge on any atom is 0.335 e. The van der Waals surface area contributed by atoms with Gasteiger partial charge in [0.05, 0.1) is 11.1 Å². The van der Waals surface area contributed by atoms with Crippen LogP contribution in [0.3, 0.4) is 0 Å². The predicted octanol–water partition coefficient (Wildman–Crippen LogP) is 6.52. The molecule has 0 unspecified atom stereocenters. The van der Waals surface area contributed by atoms with Crippen molar-refractivity contribution in [3.05, 3.63) is 133 Å². The van der Waals surface area contributed by atoms with Gasteiger partial charge in [-0.3, -0.25) is 19.6 Å². The lowest BCUT2D eigenvalue weighted by atomic mass is 10.2. The number of carboxylic acid groups (broad SMARTS) is 2. The van der Waals surface area contributed by atoms with Gasteiger partial charge in [-0.1, -0.05) is 12.1 Å². The molecular formula is C38H36N6O6. The molecule has 50 heavy (non-hydrogen) atoms. The lowest BCUT2D eigenvalue weighted by Gasteiger charge is -2.20. The van der Waals surface area contributed by atoms with E-state index < -0.39 is 11.9 Å². The van der Waals surface area contributed by atoms with Crippen molar-refractivity contribution in [3.63, 3.8) is 0 Å². The Morgan fingerprint density at radius 1 is 0.520 bits per heavy atom. The van der Waals surface area contributed by atoms with E-state index >= 15 is 0 Å². The number of urea groups is 2. The molecule has 0 radical (unpaired) electrons. The van der Waals surface area contributed by atoms with Gasteiger partial charge in [0, 0.05) is 86.8 Å². The van der Waals surface area contributed by atoms with Crippen LogP contribution in [0.4, 0.5) is 38.0 Å². The van der Waals surface area contributed by atoms with Crippen LogP contribution in [0, 0.1) is 0 Å². The van der Waals surface area contributed by atoms with Gasteiger partial charge < -0.3 is 19.7 Å². The first-order valence-corrected chi connectivity index (χ1v) is 16.0. The third-order valence-electron chi connectivity index (χ3n) is 8.57. The fraction of sp³-hybridized carbons (Fsp3) is 0.158. The molecule has 0 bridgehead atoms. The van der Waals surface area contributed by atoms with Crippen LogP contribution in [0.25, 0.3) is 5.69 Å². The van der Waals surface area contributed by atoms with Gasteiger partial charge in [0.15, 0.2) is 0 Å². The Hall–Kier alpha value is -6.56. The molecule has 2 aliphatic heterocycles. The molecule has 0 spiro atoms. The lowest BCUT2D eigenvalue weighted by molar-refractivity contribution is 0.0686. The molecule has 12 nitrogen and oxygen atoms in total. The number of carboxylic acids is 2. The normalized spacial score (nSPS) is 14.1. The van der Waals surface area contributed by atoms with Crippen LogP contribution in [0.15, 0.2) is 122 Å². The van der Waals surface area contributed by atoms with E-state index in [0.717, 1.165) is 22.7 Å². The molecule has 4 aromatic carbocycles. The summed E-state index contributed by atoms with van der Waals surface area (Å²) in [7, 11) is 3.93. The van der Waals surface area contributed by atoms with Gasteiger partial charge in [0.25, 0.3) is 0 Å². The van der Waals surface area contributed by atoms with Gasteiger partial charge in [-0.25, -0.2) is 19.2 Å². The van der Waals surface area contributed by atoms with E-state index in [0.29, 0.717) is 37.6 Å². The highest BCUT2D eigenvalue weighted by atomic mass is 16.4. The monoisotopic (exact) mass is 672 g/mol. The third kappa shape index (κ3) is 6.99. The third-order valence-corrected chi connectivity index (χ3v) is 8.57. The second-order valence-electron chi connectivity index (χ2n) is 11.9. The topological polar surface area (TPSA) is 130 Å². The molecule has 2 fully saturated rings. The summed E-state index contributed by atoms with van der Waals surface area (Å²) in [6.07, 6.45) is 3.93. The molecule has 4 amide bonds. The van der Waals surface area contributed by atoms with E-state index in [1.807, 2.05) is 96.6 Å². The summed E-state index contributed by atoms with van der Waals surface area (Å²) >= 11 is 0. The lowest BCUT2D eigenvalue weighted by Crippen LogP contribution is -2.31. The van der Waals surface area contributed by atoms with Crippen molar-refractivity contribution in [1.82, 2.24) is 4.57 Å². The van der Waals surface area contributed by atoms with Crippen LogP contribution in [0.2, 0.25) is 0 Å². The molecule has 0 saturated carbocycles. The summed E-state index contributed by atoms with van der Waals surface area (Å²) in [6.45, 7) is 2.16. The number of hydrogen-bond acceptors (Lipinski definition) is 5. The molecule has 2 aliphatic rings. The predicted molar refractivity (Wildman–Crippen MR) is 194 cm³/mol. The number of aromatic nitrogens is 1. The molecule has 3 heterocycles. The number of carbonyl (C=O) groups is 4.